The second-order valence-electron chi connectivity index (χ2n) is 4.47. The molecule has 3 rings (SSSR count). The van der Waals surface area contributed by atoms with E-state index >= 15 is 0 Å². The number of anilines is 1. The molecule has 0 radical (unpaired) electrons. The van der Waals surface area contributed by atoms with Crippen LogP contribution in [0.1, 0.15) is 0 Å². The highest BCUT2D eigenvalue weighted by Gasteiger charge is 2.08. The average molecular weight is 280 g/mol. The van der Waals surface area contributed by atoms with Crippen molar-refractivity contribution in [2.24, 2.45) is 0 Å². The molecule has 21 heavy (non-hydrogen) atoms. The normalized spacial score (nSPS) is 10.5. The van der Waals surface area contributed by atoms with Crippen LogP contribution in [0.3, 0.4) is 0 Å². The fraction of sp³-hybridized carbons (Fsp3) is 0.0667. The Bertz CT molecular complexity index is 843. The molecular weight excluding hydrogens is 268 g/mol. The van der Waals surface area contributed by atoms with E-state index in [-0.39, 0.29) is 17.9 Å². The lowest BCUT2D eigenvalue weighted by molar-refractivity contribution is -0.116. The summed E-state index contributed by atoms with van der Waals surface area (Å²) in [4.78, 5) is 27.7. The predicted molar refractivity (Wildman–Crippen MR) is 78.9 cm³/mol. The molecule has 3 aromatic rings. The number of hydrogen-bond acceptors (Lipinski definition) is 4. The van der Waals surface area contributed by atoms with E-state index in [0.29, 0.717) is 16.6 Å². The first kappa shape index (κ1) is 13.0. The van der Waals surface area contributed by atoms with Crippen LogP contribution in [0, 0.1) is 0 Å². The van der Waals surface area contributed by atoms with Gasteiger partial charge in [0.2, 0.25) is 11.3 Å². The van der Waals surface area contributed by atoms with Crippen LogP contribution < -0.4 is 10.7 Å². The van der Waals surface area contributed by atoms with E-state index in [1.807, 2.05) is 0 Å². The summed E-state index contributed by atoms with van der Waals surface area (Å²) in [5, 5.41) is 7.29. The highest BCUT2D eigenvalue weighted by atomic mass is 16.2. The smallest absolute Gasteiger partial charge is 0.246 e. The Labute approximate surface area is 120 Å². The number of para-hydroxylation sites is 1. The molecule has 0 saturated heterocycles. The summed E-state index contributed by atoms with van der Waals surface area (Å²) in [6.45, 7) is 0.0235. The van der Waals surface area contributed by atoms with Gasteiger partial charge in [-0.3, -0.25) is 19.3 Å². The van der Waals surface area contributed by atoms with Crippen molar-refractivity contribution in [1.82, 2.24) is 14.8 Å². The third-order valence-corrected chi connectivity index (χ3v) is 3.00. The van der Waals surface area contributed by atoms with Crippen molar-refractivity contribution >= 4 is 22.5 Å². The number of amides is 1. The summed E-state index contributed by atoms with van der Waals surface area (Å²) in [5.41, 5.74) is 1.09. The van der Waals surface area contributed by atoms with Crippen LogP contribution in [0.2, 0.25) is 0 Å². The van der Waals surface area contributed by atoms with Gasteiger partial charge in [-0.05, 0) is 24.3 Å². The van der Waals surface area contributed by atoms with Crippen LogP contribution >= 0.6 is 0 Å². The van der Waals surface area contributed by atoms with E-state index < -0.39 is 0 Å². The Balaban J connectivity index is 1.87. The summed E-state index contributed by atoms with van der Waals surface area (Å²) in [5.74, 6) is -0.232. The Morgan fingerprint density at radius 3 is 2.81 bits per heavy atom. The number of hydrogen-bond donors (Lipinski definition) is 1. The number of pyridine rings is 1. The minimum atomic E-state index is -0.232. The number of aromatic nitrogens is 3. The van der Waals surface area contributed by atoms with Crippen LogP contribution in [0.15, 0.2) is 59.8 Å². The van der Waals surface area contributed by atoms with E-state index in [4.69, 9.17) is 0 Å². The second kappa shape index (κ2) is 5.54. The van der Waals surface area contributed by atoms with Crippen molar-refractivity contribution in [3.05, 3.63) is 65.2 Å². The Hall–Kier alpha value is -3.02. The fourth-order valence-corrected chi connectivity index (χ4v) is 2.06. The van der Waals surface area contributed by atoms with Crippen molar-refractivity contribution in [1.29, 1.82) is 0 Å². The molecule has 6 nitrogen and oxygen atoms in total. The summed E-state index contributed by atoms with van der Waals surface area (Å²) in [7, 11) is 0. The monoisotopic (exact) mass is 280 g/mol. The van der Waals surface area contributed by atoms with E-state index in [9.17, 15) is 9.59 Å². The molecule has 1 amide bonds. The predicted octanol–water partition coefficient (Wildman–Crippen LogP) is 1.43. The van der Waals surface area contributed by atoms with E-state index in [0.717, 1.165) is 0 Å². The number of rotatable bonds is 3. The maximum Gasteiger partial charge on any atom is 0.246 e. The fourth-order valence-electron chi connectivity index (χ4n) is 2.06. The first-order valence-electron chi connectivity index (χ1n) is 6.39. The largest absolute Gasteiger partial charge is 0.323 e. The molecule has 2 aromatic heterocycles. The number of nitrogens with zero attached hydrogens (tertiary/aromatic N) is 3. The van der Waals surface area contributed by atoms with Gasteiger partial charge in [-0.1, -0.05) is 12.1 Å². The summed E-state index contributed by atoms with van der Waals surface area (Å²) >= 11 is 0. The van der Waals surface area contributed by atoms with Crippen LogP contribution in [-0.4, -0.2) is 20.7 Å². The van der Waals surface area contributed by atoms with Crippen molar-refractivity contribution in [2.45, 2.75) is 6.54 Å². The van der Waals surface area contributed by atoms with E-state index in [1.165, 1.54) is 10.9 Å². The van der Waals surface area contributed by atoms with Crippen LogP contribution in [0.4, 0.5) is 5.69 Å². The molecule has 0 bridgehead atoms. The van der Waals surface area contributed by atoms with Gasteiger partial charge in [-0.2, -0.15) is 5.10 Å². The van der Waals surface area contributed by atoms with Gasteiger partial charge in [0.15, 0.2) is 0 Å². The van der Waals surface area contributed by atoms with Gasteiger partial charge >= 0.3 is 0 Å². The maximum atomic E-state index is 12.0. The first-order chi connectivity index (χ1) is 10.2. The van der Waals surface area contributed by atoms with E-state index in [2.05, 4.69) is 15.4 Å². The zero-order valence-electron chi connectivity index (χ0n) is 11.1. The summed E-state index contributed by atoms with van der Waals surface area (Å²) < 4.78 is 1.50. The number of carbonyl (C=O) groups excluding carboxylic acids is 1. The third-order valence-electron chi connectivity index (χ3n) is 3.00. The first-order valence-corrected chi connectivity index (χ1v) is 6.39. The topological polar surface area (TPSA) is 76.9 Å². The summed E-state index contributed by atoms with van der Waals surface area (Å²) in [6.07, 6.45) is 4.42. The SMILES string of the molecule is O=C(Cn1ncc(=O)c2ccccc21)Nc1cccnc1. The van der Waals surface area contributed by atoms with Crippen molar-refractivity contribution < 1.29 is 4.79 Å². The van der Waals surface area contributed by atoms with Gasteiger partial charge < -0.3 is 5.32 Å². The zero-order valence-corrected chi connectivity index (χ0v) is 11.1. The van der Waals surface area contributed by atoms with Gasteiger partial charge in [-0.25, -0.2) is 0 Å². The average Bonchev–Trinajstić information content (AvgIpc) is 2.51. The minimum absolute atomic E-state index is 0.0235. The molecule has 0 aliphatic heterocycles. The molecule has 0 spiro atoms. The molecule has 1 aromatic carbocycles. The molecule has 104 valence electrons. The highest BCUT2D eigenvalue weighted by molar-refractivity contribution is 5.91. The lowest BCUT2D eigenvalue weighted by atomic mass is 10.2. The van der Waals surface area contributed by atoms with Gasteiger partial charge in [0.05, 0.1) is 23.6 Å². The molecule has 0 fully saturated rings. The molecule has 2 heterocycles. The maximum absolute atomic E-state index is 12.0. The number of benzene rings is 1. The van der Waals surface area contributed by atoms with Gasteiger partial charge in [0.1, 0.15) is 6.54 Å². The van der Waals surface area contributed by atoms with Gasteiger partial charge in [0, 0.05) is 11.6 Å². The summed E-state index contributed by atoms with van der Waals surface area (Å²) in [6, 6.07) is 10.6. The van der Waals surface area contributed by atoms with E-state index in [1.54, 1.807) is 48.8 Å². The number of carbonyl (C=O) groups is 1. The lowest BCUT2D eigenvalue weighted by Crippen LogP contribution is -2.22. The molecule has 0 saturated carbocycles. The quantitative estimate of drug-likeness (QED) is 0.787. The Morgan fingerprint density at radius 1 is 1.14 bits per heavy atom. The molecule has 0 aliphatic rings. The van der Waals surface area contributed by atoms with Crippen molar-refractivity contribution in [3.63, 3.8) is 0 Å². The Kier molecular flexibility index (Phi) is 3.42. The number of nitrogens with one attached hydrogen (secondary N) is 1. The van der Waals surface area contributed by atoms with Crippen LogP contribution in [0.25, 0.3) is 10.9 Å². The minimum Gasteiger partial charge on any atom is -0.323 e. The molecule has 0 aliphatic carbocycles. The second-order valence-corrected chi connectivity index (χ2v) is 4.47. The van der Waals surface area contributed by atoms with Crippen LogP contribution in [-0.2, 0) is 11.3 Å². The molecular formula is C15H12N4O2. The van der Waals surface area contributed by atoms with Crippen molar-refractivity contribution in [3.8, 4) is 0 Å². The molecule has 0 unspecified atom stereocenters. The molecule has 0 atom stereocenters. The third kappa shape index (κ3) is 2.79. The van der Waals surface area contributed by atoms with Crippen LogP contribution in [0.5, 0.6) is 0 Å². The highest BCUT2D eigenvalue weighted by Crippen LogP contribution is 2.08. The molecule has 1 N–H and O–H groups in total. The zero-order chi connectivity index (χ0) is 14.7. The standard InChI is InChI=1S/C15H12N4O2/c20-14-9-17-19(13-6-2-1-5-12(13)14)10-15(21)18-11-4-3-7-16-8-11/h1-9H,10H2,(H,18,21). The van der Waals surface area contributed by atoms with Crippen molar-refractivity contribution in [2.75, 3.05) is 5.32 Å². The lowest BCUT2D eigenvalue weighted by Gasteiger charge is -2.09. The number of fused-ring (bicyclic) bond motifs is 1. The molecule has 6 heteroatoms. The van der Waals surface area contributed by atoms with Gasteiger partial charge in [0.25, 0.3) is 0 Å². The Morgan fingerprint density at radius 2 is 2.00 bits per heavy atom. The van der Waals surface area contributed by atoms with Gasteiger partial charge in [-0.15, -0.1) is 0 Å².